The summed E-state index contributed by atoms with van der Waals surface area (Å²) in [5, 5.41) is 9.59. The van der Waals surface area contributed by atoms with Crippen LogP contribution in [0.3, 0.4) is 0 Å². The number of carbonyl (C=O) groups excluding carboxylic acids is 1. The van der Waals surface area contributed by atoms with Gasteiger partial charge in [0.1, 0.15) is 12.4 Å². The van der Waals surface area contributed by atoms with E-state index >= 15 is 0 Å². The molecule has 9 heteroatoms. The minimum absolute atomic E-state index is 0.143. The van der Waals surface area contributed by atoms with Crippen molar-refractivity contribution in [3.05, 3.63) is 54.8 Å². The van der Waals surface area contributed by atoms with Crippen LogP contribution in [0, 0.1) is 17.2 Å². The van der Waals surface area contributed by atoms with E-state index in [0.29, 0.717) is 17.9 Å². The normalized spacial score (nSPS) is 17.5. The predicted molar refractivity (Wildman–Crippen MR) is 160 cm³/mol. The van der Waals surface area contributed by atoms with Gasteiger partial charge >= 0.3 is 5.97 Å². The van der Waals surface area contributed by atoms with Crippen molar-refractivity contribution in [3.8, 4) is 17.6 Å². The average Bonchev–Trinajstić information content (AvgIpc) is 3.54. The van der Waals surface area contributed by atoms with Crippen LogP contribution in [-0.4, -0.2) is 5.97 Å². The van der Waals surface area contributed by atoms with E-state index in [1.54, 1.807) is 23.5 Å². The quantitative estimate of drug-likeness (QED) is 0.135. The fourth-order valence-electron chi connectivity index (χ4n) is 3.82. The number of thioether (sulfide) groups is 4. The molecule has 2 aliphatic rings. The van der Waals surface area contributed by atoms with Crippen LogP contribution in [-0.2, 0) is 11.4 Å². The smallest absolute Gasteiger partial charge is 0.314 e. The van der Waals surface area contributed by atoms with E-state index in [1.165, 1.54) is 23.5 Å². The number of thiol groups is 1. The Hall–Kier alpha value is -1.57. The van der Waals surface area contributed by atoms with Crippen molar-refractivity contribution in [1.82, 2.24) is 0 Å². The second-order valence-electron chi connectivity index (χ2n) is 8.72. The van der Waals surface area contributed by atoms with E-state index in [1.807, 2.05) is 51.1 Å². The standard InChI is InChI=1S/C28H29NO3S5/c1-5-7-13-19(6-2)26(30)32-21-24-22(34-27(35-24)16(3)14-29)20(31-15-18-11-9-8-10-12-18)23-25(21)37-28(36-23)17(4)33/h8-12,19,33H,5-7,13,15H2,1-4H3/b27-16+,28-17-. The maximum Gasteiger partial charge on any atom is 0.314 e. The molecule has 0 saturated carbocycles. The van der Waals surface area contributed by atoms with Gasteiger partial charge in [0.15, 0.2) is 5.75 Å². The number of hydrogen-bond acceptors (Lipinski definition) is 9. The van der Waals surface area contributed by atoms with Crippen molar-refractivity contribution in [2.24, 2.45) is 5.92 Å². The molecular formula is C28H29NO3S5. The van der Waals surface area contributed by atoms with E-state index < -0.39 is 0 Å². The Bertz CT molecular complexity index is 1290. The van der Waals surface area contributed by atoms with Crippen molar-refractivity contribution < 1.29 is 14.3 Å². The number of benzene rings is 2. The molecule has 0 amide bonds. The molecule has 2 aromatic rings. The Morgan fingerprint density at radius 2 is 1.57 bits per heavy atom. The van der Waals surface area contributed by atoms with Crippen LogP contribution in [0.4, 0.5) is 0 Å². The lowest BCUT2D eigenvalue weighted by atomic mass is 10.00. The number of rotatable bonds is 9. The molecule has 0 radical (unpaired) electrons. The summed E-state index contributed by atoms with van der Waals surface area (Å²) in [6, 6.07) is 12.3. The number of allylic oxidation sites excluding steroid dienone is 2. The number of ether oxygens (including phenoxy) is 2. The summed E-state index contributed by atoms with van der Waals surface area (Å²) in [6.45, 7) is 8.37. The minimum Gasteiger partial charge on any atom is -0.486 e. The van der Waals surface area contributed by atoms with Crippen LogP contribution in [0.1, 0.15) is 58.9 Å². The first-order chi connectivity index (χ1) is 17.9. The van der Waals surface area contributed by atoms with Crippen LogP contribution in [0.15, 0.2) is 68.9 Å². The number of nitrogens with zero attached hydrogens (tertiary/aromatic N) is 1. The van der Waals surface area contributed by atoms with Gasteiger partial charge in [-0.05, 0) is 37.2 Å². The maximum absolute atomic E-state index is 13.4. The third kappa shape index (κ3) is 6.36. The summed E-state index contributed by atoms with van der Waals surface area (Å²) in [5.74, 6) is 1.02. The number of esters is 1. The molecule has 2 heterocycles. The van der Waals surface area contributed by atoms with Crippen molar-refractivity contribution in [2.45, 2.75) is 79.6 Å². The van der Waals surface area contributed by atoms with Gasteiger partial charge in [-0.15, -0.1) is 12.6 Å². The SMILES string of the molecule is CCCCC(CC)C(=O)Oc1c2c(c(OCc3ccccc3)c3c1S/C(=C(\C)C#N)S3)S/C(=C(\C)S)S2. The fraction of sp³-hybridized carbons (Fsp3) is 0.357. The summed E-state index contributed by atoms with van der Waals surface area (Å²) < 4.78 is 14.7. The molecular weight excluding hydrogens is 559 g/mol. The van der Waals surface area contributed by atoms with Gasteiger partial charge in [0, 0.05) is 5.57 Å². The summed E-state index contributed by atoms with van der Waals surface area (Å²) in [4.78, 5) is 17.8. The number of hydrogen-bond donors (Lipinski definition) is 1. The van der Waals surface area contributed by atoms with Gasteiger partial charge in [0.05, 0.1) is 40.0 Å². The topological polar surface area (TPSA) is 59.3 Å². The lowest BCUT2D eigenvalue weighted by molar-refractivity contribution is -0.139. The summed E-state index contributed by atoms with van der Waals surface area (Å²) in [6.07, 6.45) is 3.59. The predicted octanol–water partition coefficient (Wildman–Crippen LogP) is 9.66. The van der Waals surface area contributed by atoms with Crippen LogP contribution in [0.5, 0.6) is 11.5 Å². The van der Waals surface area contributed by atoms with Crippen molar-refractivity contribution in [3.63, 3.8) is 0 Å². The molecule has 0 fully saturated rings. The van der Waals surface area contributed by atoms with Crippen molar-refractivity contribution in [2.75, 3.05) is 0 Å². The zero-order valence-electron chi connectivity index (χ0n) is 21.3. The van der Waals surface area contributed by atoms with Gasteiger partial charge in [0.2, 0.25) is 0 Å². The first kappa shape index (κ1) is 28.4. The molecule has 0 N–H and O–H groups in total. The van der Waals surface area contributed by atoms with Gasteiger partial charge in [-0.1, -0.05) is 104 Å². The third-order valence-corrected chi connectivity index (χ3v) is 12.1. The first-order valence-corrected chi connectivity index (χ1v) is 15.9. The molecule has 0 aliphatic carbocycles. The Labute approximate surface area is 241 Å². The molecule has 0 bridgehead atoms. The highest BCUT2D eigenvalue weighted by Gasteiger charge is 2.38. The monoisotopic (exact) mass is 587 g/mol. The zero-order valence-corrected chi connectivity index (χ0v) is 25.4. The third-order valence-electron chi connectivity index (χ3n) is 5.95. The molecule has 0 aromatic heterocycles. The van der Waals surface area contributed by atoms with E-state index in [2.05, 4.69) is 25.6 Å². The van der Waals surface area contributed by atoms with Gasteiger partial charge in [-0.3, -0.25) is 4.79 Å². The maximum atomic E-state index is 13.4. The molecule has 2 aliphatic heterocycles. The molecule has 0 spiro atoms. The Morgan fingerprint density at radius 1 is 0.973 bits per heavy atom. The molecule has 4 nitrogen and oxygen atoms in total. The lowest BCUT2D eigenvalue weighted by Crippen LogP contribution is -2.20. The number of unbranched alkanes of at least 4 members (excludes halogenated alkanes) is 1. The minimum atomic E-state index is -0.191. The van der Waals surface area contributed by atoms with Crippen LogP contribution in [0.2, 0.25) is 0 Å². The zero-order chi connectivity index (χ0) is 26.5. The van der Waals surface area contributed by atoms with Crippen LogP contribution in [0.25, 0.3) is 0 Å². The Balaban J connectivity index is 1.82. The molecule has 2 aromatic carbocycles. The van der Waals surface area contributed by atoms with Gasteiger partial charge in [-0.25, -0.2) is 0 Å². The summed E-state index contributed by atoms with van der Waals surface area (Å²) in [5.41, 5.74) is 1.71. The largest absolute Gasteiger partial charge is 0.486 e. The van der Waals surface area contributed by atoms with Crippen LogP contribution < -0.4 is 9.47 Å². The highest BCUT2D eigenvalue weighted by Crippen LogP contribution is 2.68. The average molecular weight is 588 g/mol. The van der Waals surface area contributed by atoms with Gasteiger partial charge in [-0.2, -0.15) is 5.26 Å². The van der Waals surface area contributed by atoms with Crippen LogP contribution >= 0.6 is 59.7 Å². The number of nitriles is 1. The summed E-state index contributed by atoms with van der Waals surface area (Å²) >= 11 is 10.8. The second kappa shape index (κ2) is 13.0. The first-order valence-electron chi connectivity index (χ1n) is 12.2. The molecule has 1 atom stereocenters. The fourth-order valence-corrected chi connectivity index (χ4v) is 9.22. The lowest BCUT2D eigenvalue weighted by Gasteiger charge is -2.19. The number of carbonyl (C=O) groups is 1. The van der Waals surface area contributed by atoms with E-state index in [4.69, 9.17) is 9.47 Å². The Kier molecular flexibility index (Phi) is 9.98. The number of fused-ring (bicyclic) bond motifs is 2. The molecule has 37 heavy (non-hydrogen) atoms. The summed E-state index contributed by atoms with van der Waals surface area (Å²) in [7, 11) is 0. The Morgan fingerprint density at radius 3 is 2.11 bits per heavy atom. The van der Waals surface area contributed by atoms with E-state index in [-0.39, 0.29) is 11.9 Å². The molecule has 194 valence electrons. The van der Waals surface area contributed by atoms with Crippen molar-refractivity contribution >= 4 is 65.6 Å². The molecule has 4 rings (SSSR count). The van der Waals surface area contributed by atoms with E-state index in [0.717, 1.165) is 70.0 Å². The highest BCUT2D eigenvalue weighted by molar-refractivity contribution is 8.26. The van der Waals surface area contributed by atoms with E-state index in [9.17, 15) is 10.1 Å². The molecule has 1 unspecified atom stereocenters. The van der Waals surface area contributed by atoms with Crippen molar-refractivity contribution in [1.29, 1.82) is 5.26 Å². The highest BCUT2D eigenvalue weighted by atomic mass is 32.2. The molecule has 0 saturated heterocycles. The van der Waals surface area contributed by atoms with Gasteiger partial charge < -0.3 is 9.47 Å². The second-order valence-corrected chi connectivity index (χ2v) is 14.0. The van der Waals surface area contributed by atoms with Gasteiger partial charge in [0.25, 0.3) is 0 Å².